The summed E-state index contributed by atoms with van der Waals surface area (Å²) >= 11 is 0. The maximum absolute atomic E-state index is 14.0. The van der Waals surface area contributed by atoms with Crippen molar-refractivity contribution in [3.8, 4) is 16.9 Å². The lowest BCUT2D eigenvalue weighted by molar-refractivity contribution is -0.141. The molecule has 0 fully saturated rings. The molecule has 1 aliphatic rings. The summed E-state index contributed by atoms with van der Waals surface area (Å²) in [6.45, 7) is 0.904. The molecular weight excluding hydrogens is 479 g/mol. The second-order valence-electron chi connectivity index (χ2n) is 8.51. The van der Waals surface area contributed by atoms with Crippen LogP contribution in [-0.2, 0) is 16.1 Å². The maximum atomic E-state index is 14.0. The molecule has 37 heavy (non-hydrogen) atoms. The summed E-state index contributed by atoms with van der Waals surface area (Å²) in [5.74, 6) is -0.198. The monoisotopic (exact) mass is 504 g/mol. The fourth-order valence-corrected chi connectivity index (χ4v) is 4.34. The first-order chi connectivity index (χ1) is 17.9. The summed E-state index contributed by atoms with van der Waals surface area (Å²) in [6.07, 6.45) is 7.37. The van der Waals surface area contributed by atoms with Crippen LogP contribution >= 0.6 is 0 Å². The van der Waals surface area contributed by atoms with Crippen LogP contribution in [0.3, 0.4) is 0 Å². The average molecular weight is 505 g/mol. The highest BCUT2D eigenvalue weighted by Crippen LogP contribution is 2.36. The van der Waals surface area contributed by atoms with E-state index in [0.717, 1.165) is 22.2 Å². The van der Waals surface area contributed by atoms with E-state index in [9.17, 15) is 14.0 Å². The Kier molecular flexibility index (Phi) is 6.59. The number of carbonyl (C=O) groups excluding carboxylic acids is 2. The number of nitrogens with one attached hydrogen (secondary N) is 2. The first-order valence-corrected chi connectivity index (χ1v) is 11.6. The van der Waals surface area contributed by atoms with E-state index in [0.29, 0.717) is 42.2 Å². The van der Waals surface area contributed by atoms with Gasteiger partial charge in [0.25, 0.3) is 0 Å². The Balaban J connectivity index is 1.31. The van der Waals surface area contributed by atoms with E-state index >= 15 is 0 Å². The second-order valence-corrected chi connectivity index (χ2v) is 8.51. The van der Waals surface area contributed by atoms with Crippen LogP contribution in [0.2, 0.25) is 0 Å². The number of amides is 2. The lowest BCUT2D eigenvalue weighted by Gasteiger charge is -2.26. The number of nitrogens with zero attached hydrogens (tertiary/aromatic N) is 4. The molecule has 0 spiro atoms. The SMILES string of the molecule is COC(=O)Cn1cc(NC(=O)N2CC=C(c3cc4c(-c5cc(F)ccc5OC)ccnc4[nH]3)CC2)cn1. The van der Waals surface area contributed by atoms with Crippen LogP contribution in [0.15, 0.2) is 55.0 Å². The molecule has 0 saturated heterocycles. The first-order valence-electron chi connectivity index (χ1n) is 11.6. The summed E-state index contributed by atoms with van der Waals surface area (Å²) in [5, 5.41) is 7.71. The number of urea groups is 1. The van der Waals surface area contributed by atoms with Crippen LogP contribution in [0, 0.1) is 5.82 Å². The van der Waals surface area contributed by atoms with E-state index in [4.69, 9.17) is 4.74 Å². The molecule has 2 N–H and O–H groups in total. The van der Waals surface area contributed by atoms with E-state index in [1.807, 2.05) is 18.2 Å². The third-order valence-electron chi connectivity index (χ3n) is 6.23. The highest BCUT2D eigenvalue weighted by atomic mass is 19.1. The molecule has 2 amide bonds. The summed E-state index contributed by atoms with van der Waals surface area (Å²) < 4.78 is 25.5. The number of rotatable bonds is 6. The van der Waals surface area contributed by atoms with E-state index in [2.05, 4.69) is 25.1 Å². The normalized spacial score (nSPS) is 13.4. The standard InChI is InChI=1S/C26H25FN6O4/c1-36-23-4-3-17(27)11-20(23)19-5-8-28-25-21(19)12-22(31-25)16-6-9-32(10-7-16)26(35)30-18-13-29-33(14-18)15-24(34)37-2/h3-6,8,11-14H,7,9-10,15H2,1-2H3,(H,28,31)(H,30,35). The molecule has 3 aromatic heterocycles. The third kappa shape index (κ3) is 5.01. The van der Waals surface area contributed by atoms with Crippen molar-refractivity contribution < 1.29 is 23.5 Å². The number of hydrogen-bond donors (Lipinski definition) is 2. The number of anilines is 1. The topological polar surface area (TPSA) is 114 Å². The zero-order valence-corrected chi connectivity index (χ0v) is 20.3. The van der Waals surface area contributed by atoms with Gasteiger partial charge < -0.3 is 24.7 Å². The Morgan fingerprint density at radius 3 is 2.81 bits per heavy atom. The van der Waals surface area contributed by atoms with Gasteiger partial charge in [0.2, 0.25) is 0 Å². The Hall–Kier alpha value is -4.67. The summed E-state index contributed by atoms with van der Waals surface area (Å²) in [6, 6.07) is 8.01. The molecule has 0 radical (unpaired) electrons. The van der Waals surface area contributed by atoms with Gasteiger partial charge in [-0.15, -0.1) is 0 Å². The average Bonchev–Trinajstić information content (AvgIpc) is 3.55. The van der Waals surface area contributed by atoms with E-state index in [1.165, 1.54) is 30.1 Å². The minimum Gasteiger partial charge on any atom is -0.496 e. The van der Waals surface area contributed by atoms with Crippen LogP contribution in [0.25, 0.3) is 27.7 Å². The number of H-pyrrole nitrogens is 1. The molecule has 0 unspecified atom stereocenters. The third-order valence-corrected chi connectivity index (χ3v) is 6.23. The van der Waals surface area contributed by atoms with Crippen molar-refractivity contribution in [1.29, 1.82) is 0 Å². The Morgan fingerprint density at radius 2 is 2.05 bits per heavy atom. The number of halogens is 1. The highest BCUT2D eigenvalue weighted by Gasteiger charge is 2.21. The zero-order valence-electron chi connectivity index (χ0n) is 20.3. The minimum absolute atomic E-state index is 0.0325. The second kappa shape index (κ2) is 10.1. The van der Waals surface area contributed by atoms with Crippen LogP contribution < -0.4 is 10.1 Å². The van der Waals surface area contributed by atoms with E-state index in [1.54, 1.807) is 30.5 Å². The lowest BCUT2D eigenvalue weighted by atomic mass is 10.0. The molecule has 1 aliphatic heterocycles. The van der Waals surface area contributed by atoms with Gasteiger partial charge in [-0.05, 0) is 47.9 Å². The smallest absolute Gasteiger partial charge is 0.327 e. The molecule has 0 aliphatic carbocycles. The number of methoxy groups -OCH3 is 2. The number of pyridine rings is 1. The number of aromatic amines is 1. The van der Waals surface area contributed by atoms with Gasteiger partial charge in [-0.3, -0.25) is 9.48 Å². The number of ether oxygens (including phenoxy) is 2. The van der Waals surface area contributed by atoms with Crippen molar-refractivity contribution in [1.82, 2.24) is 24.6 Å². The van der Waals surface area contributed by atoms with Crippen LogP contribution in [-0.4, -0.2) is 64.0 Å². The van der Waals surface area contributed by atoms with Crippen molar-refractivity contribution in [2.45, 2.75) is 13.0 Å². The van der Waals surface area contributed by atoms with Crippen molar-refractivity contribution in [3.63, 3.8) is 0 Å². The Labute approximate surface area is 211 Å². The summed E-state index contributed by atoms with van der Waals surface area (Å²) in [4.78, 5) is 33.6. The Bertz CT molecular complexity index is 1510. The van der Waals surface area contributed by atoms with Gasteiger partial charge in [0.15, 0.2) is 0 Å². The van der Waals surface area contributed by atoms with E-state index in [-0.39, 0.29) is 18.4 Å². The lowest BCUT2D eigenvalue weighted by Crippen LogP contribution is -2.37. The molecule has 0 saturated carbocycles. The Morgan fingerprint density at radius 1 is 1.19 bits per heavy atom. The summed E-state index contributed by atoms with van der Waals surface area (Å²) in [5.41, 5.74) is 4.60. The van der Waals surface area contributed by atoms with Gasteiger partial charge in [0, 0.05) is 42.1 Å². The minimum atomic E-state index is -0.427. The van der Waals surface area contributed by atoms with Crippen molar-refractivity contribution >= 4 is 34.3 Å². The number of carbonyl (C=O) groups is 2. The van der Waals surface area contributed by atoms with Crippen LogP contribution in [0.1, 0.15) is 12.1 Å². The molecular formula is C26H25FN6O4. The van der Waals surface area contributed by atoms with Crippen molar-refractivity contribution in [2.24, 2.45) is 0 Å². The van der Waals surface area contributed by atoms with Crippen LogP contribution in [0.5, 0.6) is 5.75 Å². The number of benzene rings is 1. The molecule has 1 aromatic carbocycles. The van der Waals surface area contributed by atoms with Crippen molar-refractivity contribution in [3.05, 3.63) is 66.5 Å². The van der Waals surface area contributed by atoms with E-state index < -0.39 is 5.97 Å². The number of hydrogen-bond acceptors (Lipinski definition) is 6. The van der Waals surface area contributed by atoms with Gasteiger partial charge in [-0.25, -0.2) is 14.2 Å². The van der Waals surface area contributed by atoms with Crippen molar-refractivity contribution in [2.75, 3.05) is 32.6 Å². The summed E-state index contributed by atoms with van der Waals surface area (Å²) in [7, 11) is 2.86. The molecule has 10 nitrogen and oxygen atoms in total. The first kappa shape index (κ1) is 24.0. The van der Waals surface area contributed by atoms with Gasteiger partial charge >= 0.3 is 12.0 Å². The molecule has 4 heterocycles. The number of fused-ring (bicyclic) bond motifs is 1. The quantitative estimate of drug-likeness (QED) is 0.383. The van der Waals surface area contributed by atoms with Crippen LogP contribution in [0.4, 0.5) is 14.9 Å². The number of aromatic nitrogens is 4. The molecule has 4 aromatic rings. The predicted molar refractivity (Wildman–Crippen MR) is 135 cm³/mol. The predicted octanol–water partition coefficient (Wildman–Crippen LogP) is 4.07. The van der Waals surface area contributed by atoms with Gasteiger partial charge in [-0.1, -0.05) is 6.08 Å². The largest absolute Gasteiger partial charge is 0.496 e. The molecule has 5 rings (SSSR count). The molecule has 0 bridgehead atoms. The molecule has 190 valence electrons. The zero-order chi connectivity index (χ0) is 25.9. The van der Waals surface area contributed by atoms with Gasteiger partial charge in [0.1, 0.15) is 23.8 Å². The van der Waals surface area contributed by atoms with Gasteiger partial charge in [0.05, 0.1) is 26.1 Å². The molecule has 11 heteroatoms. The van der Waals surface area contributed by atoms with Gasteiger partial charge in [-0.2, -0.15) is 5.10 Å². The maximum Gasteiger partial charge on any atom is 0.327 e. The highest BCUT2D eigenvalue weighted by molar-refractivity contribution is 5.97. The number of esters is 1. The molecule has 0 atom stereocenters. The fourth-order valence-electron chi connectivity index (χ4n) is 4.34. The fraction of sp³-hybridized carbons (Fsp3) is 0.231.